The number of rotatable bonds is 2. The molecule has 8 heteroatoms. The fourth-order valence-electron chi connectivity index (χ4n) is 0.922. The third-order valence-corrected chi connectivity index (χ3v) is 2.88. The maximum absolute atomic E-state index is 5.74. The van der Waals surface area contributed by atoms with Crippen LogP contribution in [0.3, 0.4) is 0 Å². The number of nitrogens with two attached hydrogens (primary N) is 1. The molecule has 0 saturated heterocycles. The molecule has 0 amide bonds. The van der Waals surface area contributed by atoms with E-state index in [0.717, 1.165) is 0 Å². The first-order valence-corrected chi connectivity index (χ1v) is 5.17. The molecule has 15 heavy (non-hydrogen) atoms. The van der Waals surface area contributed by atoms with Crippen LogP contribution < -0.4 is 5.73 Å². The van der Waals surface area contributed by atoms with E-state index >= 15 is 0 Å². The first-order valence-electron chi connectivity index (χ1n) is 3.98. The Balaban J connectivity index is 2.29. The van der Waals surface area contributed by atoms with Crippen LogP contribution in [0.15, 0.2) is 22.4 Å². The van der Waals surface area contributed by atoms with E-state index in [4.69, 9.17) is 17.3 Å². The summed E-state index contributed by atoms with van der Waals surface area (Å²) in [5.74, 6) is 0. The van der Waals surface area contributed by atoms with Crippen molar-refractivity contribution in [1.29, 1.82) is 0 Å². The van der Waals surface area contributed by atoms with Crippen molar-refractivity contribution in [3.8, 4) is 0 Å². The molecule has 0 aliphatic carbocycles. The first kappa shape index (κ1) is 10.2. The number of anilines is 1. The molecule has 2 aromatic rings. The molecular formula is C7H7ClN6S. The highest BCUT2D eigenvalue weighted by Crippen LogP contribution is 2.29. The third-order valence-electron chi connectivity index (χ3n) is 1.61. The first-order chi connectivity index (χ1) is 7.16. The predicted molar refractivity (Wildman–Crippen MR) is 56.6 cm³/mol. The van der Waals surface area contributed by atoms with Gasteiger partial charge in [-0.25, -0.2) is 9.67 Å². The molecule has 6 nitrogen and oxygen atoms in total. The minimum absolute atomic E-state index is 0.507. The average Bonchev–Trinajstić information content (AvgIpc) is 2.57. The van der Waals surface area contributed by atoms with E-state index < -0.39 is 0 Å². The van der Waals surface area contributed by atoms with Gasteiger partial charge >= 0.3 is 0 Å². The van der Waals surface area contributed by atoms with Crippen molar-refractivity contribution < 1.29 is 0 Å². The van der Waals surface area contributed by atoms with Crippen LogP contribution in [0, 0.1) is 0 Å². The molecule has 0 radical (unpaired) electrons. The number of tetrazole rings is 1. The lowest BCUT2D eigenvalue weighted by Gasteiger charge is -2.02. The van der Waals surface area contributed by atoms with Gasteiger partial charge in [0.25, 0.3) is 0 Å². The molecule has 2 N–H and O–H groups in total. The van der Waals surface area contributed by atoms with Crippen LogP contribution in [0.25, 0.3) is 0 Å². The lowest BCUT2D eigenvalue weighted by Crippen LogP contribution is -1.96. The Kier molecular flexibility index (Phi) is 2.74. The van der Waals surface area contributed by atoms with Crippen molar-refractivity contribution in [3.05, 3.63) is 17.3 Å². The van der Waals surface area contributed by atoms with Gasteiger partial charge < -0.3 is 5.73 Å². The van der Waals surface area contributed by atoms with Gasteiger partial charge in [-0.1, -0.05) is 11.6 Å². The molecule has 2 aromatic heterocycles. The molecule has 0 aliphatic rings. The fourth-order valence-corrected chi connectivity index (χ4v) is 1.79. The quantitative estimate of drug-likeness (QED) is 0.846. The molecule has 2 heterocycles. The highest BCUT2D eigenvalue weighted by molar-refractivity contribution is 7.99. The number of hydrogen-bond acceptors (Lipinski definition) is 6. The standard InChI is InChI=1S/C7H7ClN6S/c1-14-7(11-12-13-14)15-6-5(9)2-4(8)3-10-6/h2-3H,9H2,1H3. The fraction of sp³-hybridized carbons (Fsp3) is 0.143. The van der Waals surface area contributed by atoms with E-state index in [0.29, 0.717) is 20.9 Å². The van der Waals surface area contributed by atoms with Crippen molar-refractivity contribution >= 4 is 29.1 Å². The second-order valence-electron chi connectivity index (χ2n) is 2.74. The Morgan fingerprint density at radius 1 is 1.53 bits per heavy atom. The molecule has 0 aromatic carbocycles. The van der Waals surface area contributed by atoms with Gasteiger partial charge in [0.05, 0.1) is 10.7 Å². The van der Waals surface area contributed by atoms with Crippen molar-refractivity contribution in [2.24, 2.45) is 7.05 Å². The number of aryl methyl sites for hydroxylation is 1. The number of pyridine rings is 1. The maximum Gasteiger partial charge on any atom is 0.215 e. The molecule has 78 valence electrons. The van der Waals surface area contributed by atoms with E-state index in [1.165, 1.54) is 18.0 Å². The van der Waals surface area contributed by atoms with Gasteiger partial charge in [-0.2, -0.15) is 0 Å². The van der Waals surface area contributed by atoms with E-state index in [9.17, 15) is 0 Å². The Morgan fingerprint density at radius 3 is 2.93 bits per heavy atom. The smallest absolute Gasteiger partial charge is 0.215 e. The summed E-state index contributed by atoms with van der Waals surface area (Å²) in [4.78, 5) is 4.09. The highest BCUT2D eigenvalue weighted by Gasteiger charge is 2.09. The molecule has 0 unspecified atom stereocenters. The normalized spacial score (nSPS) is 10.5. The lowest BCUT2D eigenvalue weighted by molar-refractivity contribution is 0.664. The number of nitrogen functional groups attached to an aromatic ring is 1. The van der Waals surface area contributed by atoms with E-state index in [-0.39, 0.29) is 0 Å². The number of nitrogens with zero attached hydrogens (tertiary/aromatic N) is 5. The zero-order valence-corrected chi connectivity index (χ0v) is 9.33. The lowest BCUT2D eigenvalue weighted by atomic mass is 10.4. The van der Waals surface area contributed by atoms with Crippen LogP contribution in [0.2, 0.25) is 5.02 Å². The summed E-state index contributed by atoms with van der Waals surface area (Å²) in [5.41, 5.74) is 6.25. The summed E-state index contributed by atoms with van der Waals surface area (Å²) in [5, 5.41) is 12.8. The predicted octanol–water partition coefficient (Wildman–Crippen LogP) is 0.992. The molecule has 0 aliphatic heterocycles. The summed E-state index contributed by atoms with van der Waals surface area (Å²) < 4.78 is 1.54. The van der Waals surface area contributed by atoms with Gasteiger partial charge in [-0.05, 0) is 28.3 Å². The summed E-state index contributed by atoms with van der Waals surface area (Å²) in [6.07, 6.45) is 1.53. The third kappa shape index (κ3) is 2.18. The number of halogens is 1. The zero-order chi connectivity index (χ0) is 10.8. The van der Waals surface area contributed by atoms with Crippen LogP contribution in [-0.2, 0) is 7.05 Å². The van der Waals surface area contributed by atoms with Crippen LogP contribution in [-0.4, -0.2) is 25.2 Å². The SMILES string of the molecule is Cn1nnnc1Sc1ncc(Cl)cc1N. The molecule has 0 atom stereocenters. The molecular weight excluding hydrogens is 236 g/mol. The van der Waals surface area contributed by atoms with Gasteiger partial charge in [0.1, 0.15) is 5.03 Å². The second-order valence-corrected chi connectivity index (χ2v) is 4.13. The van der Waals surface area contributed by atoms with E-state index in [1.807, 2.05) is 0 Å². The van der Waals surface area contributed by atoms with Crippen molar-refractivity contribution in [1.82, 2.24) is 25.2 Å². The van der Waals surface area contributed by atoms with Gasteiger partial charge in [-0.15, -0.1) is 5.10 Å². The molecule has 0 spiro atoms. The van der Waals surface area contributed by atoms with Gasteiger partial charge in [0.2, 0.25) is 5.16 Å². The Bertz CT molecular complexity index is 484. The van der Waals surface area contributed by atoms with Crippen LogP contribution in [0.5, 0.6) is 0 Å². The minimum atomic E-state index is 0.507. The Hall–Kier alpha value is -1.34. The summed E-state index contributed by atoms with van der Waals surface area (Å²) in [6.45, 7) is 0. The Labute approximate surface area is 94.8 Å². The molecule has 0 fully saturated rings. The van der Waals surface area contributed by atoms with Gasteiger partial charge in [0, 0.05) is 13.2 Å². The highest BCUT2D eigenvalue weighted by atomic mass is 35.5. The van der Waals surface area contributed by atoms with Crippen molar-refractivity contribution in [3.63, 3.8) is 0 Å². The summed E-state index contributed by atoms with van der Waals surface area (Å²) in [7, 11) is 1.74. The summed E-state index contributed by atoms with van der Waals surface area (Å²) in [6, 6.07) is 1.64. The van der Waals surface area contributed by atoms with Crippen LogP contribution >= 0.6 is 23.4 Å². The summed E-state index contributed by atoms with van der Waals surface area (Å²) >= 11 is 7.02. The van der Waals surface area contributed by atoms with Crippen LogP contribution in [0.1, 0.15) is 0 Å². The average molecular weight is 243 g/mol. The molecule has 0 bridgehead atoms. The molecule has 0 saturated carbocycles. The van der Waals surface area contributed by atoms with Crippen molar-refractivity contribution in [2.45, 2.75) is 10.2 Å². The number of aromatic nitrogens is 5. The zero-order valence-electron chi connectivity index (χ0n) is 7.75. The van der Waals surface area contributed by atoms with Crippen molar-refractivity contribution in [2.75, 3.05) is 5.73 Å². The second kappa shape index (κ2) is 4.03. The molecule has 2 rings (SSSR count). The largest absolute Gasteiger partial charge is 0.396 e. The monoisotopic (exact) mass is 242 g/mol. The maximum atomic E-state index is 5.74. The topological polar surface area (TPSA) is 82.5 Å². The number of hydrogen-bond donors (Lipinski definition) is 1. The van der Waals surface area contributed by atoms with E-state index in [2.05, 4.69) is 20.5 Å². The van der Waals surface area contributed by atoms with Gasteiger partial charge in [-0.3, -0.25) is 0 Å². The van der Waals surface area contributed by atoms with Gasteiger partial charge in [0.15, 0.2) is 0 Å². The minimum Gasteiger partial charge on any atom is -0.396 e. The van der Waals surface area contributed by atoms with Crippen LogP contribution in [0.4, 0.5) is 5.69 Å². The van der Waals surface area contributed by atoms with E-state index in [1.54, 1.807) is 17.8 Å². The Morgan fingerprint density at radius 2 is 2.33 bits per heavy atom.